The molecule has 5 rings (SSSR count). The molecule has 0 spiro atoms. The van der Waals surface area contributed by atoms with Crippen molar-refractivity contribution in [2.45, 2.75) is 49.1 Å². The van der Waals surface area contributed by atoms with Crippen LogP contribution in [-0.2, 0) is 9.53 Å². The third-order valence-corrected chi connectivity index (χ3v) is 7.59. The molecule has 1 aliphatic carbocycles. The molecule has 0 saturated carbocycles. The third-order valence-electron chi connectivity index (χ3n) is 6.08. The van der Waals surface area contributed by atoms with Gasteiger partial charge in [0.1, 0.15) is 0 Å². The van der Waals surface area contributed by atoms with Crippen LogP contribution in [0.4, 0.5) is 4.79 Å². The van der Waals surface area contributed by atoms with Crippen LogP contribution in [-0.4, -0.2) is 35.1 Å². The molecule has 6 heteroatoms. The number of nitrogens with one attached hydrogen (secondary N) is 2. The van der Waals surface area contributed by atoms with Crippen molar-refractivity contribution in [2.75, 3.05) is 5.75 Å². The van der Waals surface area contributed by atoms with Gasteiger partial charge in [0.15, 0.2) is 6.10 Å². The number of benzene rings is 2. The van der Waals surface area contributed by atoms with Gasteiger partial charge in [0.2, 0.25) is 0 Å². The smallest absolute Gasteiger partial charge is 0.315 e. The maximum atomic E-state index is 12.5. The fourth-order valence-electron chi connectivity index (χ4n) is 4.68. The molecule has 2 aliphatic heterocycles. The molecule has 2 amide bonds. The van der Waals surface area contributed by atoms with E-state index in [9.17, 15) is 9.59 Å². The molecule has 0 unspecified atom stereocenters. The monoisotopic (exact) mass is 408 g/mol. The van der Waals surface area contributed by atoms with Crippen LogP contribution < -0.4 is 10.6 Å². The second-order valence-electron chi connectivity index (χ2n) is 7.91. The summed E-state index contributed by atoms with van der Waals surface area (Å²) in [6.45, 7) is 0. The molecule has 3 atom stereocenters. The van der Waals surface area contributed by atoms with Gasteiger partial charge in [0.25, 0.3) is 0 Å². The average Bonchev–Trinajstić information content (AvgIpc) is 3.38. The first-order valence-electron chi connectivity index (χ1n) is 10.3. The molecule has 2 fully saturated rings. The van der Waals surface area contributed by atoms with E-state index in [2.05, 4.69) is 22.8 Å². The quantitative estimate of drug-likeness (QED) is 0.430. The van der Waals surface area contributed by atoms with E-state index in [1.54, 1.807) is 0 Å². The molecule has 2 aromatic rings. The van der Waals surface area contributed by atoms with Gasteiger partial charge in [-0.1, -0.05) is 55.0 Å². The van der Waals surface area contributed by atoms with Crippen LogP contribution in [0, 0.1) is 0 Å². The van der Waals surface area contributed by atoms with Gasteiger partial charge in [0, 0.05) is 28.6 Å². The summed E-state index contributed by atoms with van der Waals surface area (Å²) in [5.41, 5.74) is 4.45. The minimum Gasteiger partial charge on any atom is -0.452 e. The van der Waals surface area contributed by atoms with Crippen LogP contribution in [0.25, 0.3) is 11.1 Å². The zero-order valence-corrected chi connectivity index (χ0v) is 16.9. The van der Waals surface area contributed by atoms with E-state index >= 15 is 0 Å². The summed E-state index contributed by atoms with van der Waals surface area (Å²) in [6.07, 6.45) is 2.90. The standard InChI is InChI=1S/C23H24N2O3S/c26-20(12-6-5-11-19-21-18(13-29-19)24-23(27)25-21)28-22-16-9-3-1-7-14(16)15-8-2-4-10-17(15)22/h1-4,7-10,18-19,21-22H,5-6,11-13H2,(H2,24,25,27)/t18-,19-,21-/m1/s1. The first kappa shape index (κ1) is 18.6. The van der Waals surface area contributed by atoms with Gasteiger partial charge < -0.3 is 15.4 Å². The highest BCUT2D eigenvalue weighted by Crippen LogP contribution is 2.45. The molecule has 2 aromatic carbocycles. The molecular formula is C23H24N2O3S. The number of hydrogen-bond donors (Lipinski definition) is 2. The van der Waals surface area contributed by atoms with Crippen molar-refractivity contribution in [1.82, 2.24) is 10.6 Å². The van der Waals surface area contributed by atoms with Crippen molar-refractivity contribution in [3.8, 4) is 11.1 Å². The zero-order chi connectivity index (χ0) is 19.8. The molecule has 0 bridgehead atoms. The van der Waals surface area contributed by atoms with Gasteiger partial charge in [-0.2, -0.15) is 11.8 Å². The molecule has 0 radical (unpaired) electrons. The van der Waals surface area contributed by atoms with Crippen LogP contribution in [0.5, 0.6) is 0 Å². The molecule has 150 valence electrons. The number of esters is 1. The Morgan fingerprint density at radius 1 is 1.00 bits per heavy atom. The highest BCUT2D eigenvalue weighted by molar-refractivity contribution is 8.00. The maximum Gasteiger partial charge on any atom is 0.315 e. The summed E-state index contributed by atoms with van der Waals surface area (Å²) in [4.78, 5) is 24.0. The lowest BCUT2D eigenvalue weighted by Crippen LogP contribution is -2.36. The van der Waals surface area contributed by atoms with E-state index in [1.807, 2.05) is 48.2 Å². The SMILES string of the molecule is O=C1N[C@@H]2[C@@H](CS[C@@H]2CCCCC(=O)OC2c3ccccc3-c3ccccc32)N1. The number of rotatable bonds is 6. The van der Waals surface area contributed by atoms with Crippen molar-refractivity contribution in [3.05, 3.63) is 59.7 Å². The Bertz CT molecular complexity index is 902. The molecule has 5 nitrogen and oxygen atoms in total. The Morgan fingerprint density at radius 2 is 1.69 bits per heavy atom. The first-order valence-corrected chi connectivity index (χ1v) is 11.3. The first-order chi connectivity index (χ1) is 14.2. The maximum absolute atomic E-state index is 12.5. The molecule has 2 N–H and O–H groups in total. The number of urea groups is 1. The van der Waals surface area contributed by atoms with Gasteiger partial charge in [-0.05, 0) is 24.0 Å². The molecule has 0 aromatic heterocycles. The lowest BCUT2D eigenvalue weighted by molar-refractivity contribution is -0.147. The summed E-state index contributed by atoms with van der Waals surface area (Å²) >= 11 is 1.91. The van der Waals surface area contributed by atoms with Gasteiger partial charge in [-0.3, -0.25) is 4.79 Å². The molecule has 29 heavy (non-hydrogen) atoms. The Morgan fingerprint density at radius 3 is 2.41 bits per heavy atom. The van der Waals surface area contributed by atoms with Crippen molar-refractivity contribution in [2.24, 2.45) is 0 Å². The summed E-state index contributed by atoms with van der Waals surface area (Å²) in [5.74, 6) is 0.825. The second-order valence-corrected chi connectivity index (χ2v) is 9.18. The molecule has 3 aliphatic rings. The molecule has 2 heterocycles. The van der Waals surface area contributed by atoms with Crippen molar-refractivity contribution in [1.29, 1.82) is 0 Å². The molecule has 2 saturated heterocycles. The number of carbonyl (C=O) groups excluding carboxylic acids is 2. The van der Waals surface area contributed by atoms with Gasteiger partial charge in [-0.15, -0.1) is 0 Å². The summed E-state index contributed by atoms with van der Waals surface area (Å²) < 4.78 is 5.91. The zero-order valence-electron chi connectivity index (χ0n) is 16.1. The van der Waals surface area contributed by atoms with Crippen LogP contribution in [0.2, 0.25) is 0 Å². The number of ether oxygens (including phenoxy) is 1. The van der Waals surface area contributed by atoms with Crippen molar-refractivity contribution < 1.29 is 14.3 Å². The van der Waals surface area contributed by atoms with Crippen molar-refractivity contribution in [3.63, 3.8) is 0 Å². The highest BCUT2D eigenvalue weighted by atomic mass is 32.2. The number of thioether (sulfide) groups is 1. The second kappa shape index (κ2) is 7.75. The van der Waals surface area contributed by atoms with E-state index in [0.717, 1.165) is 47.3 Å². The average molecular weight is 409 g/mol. The van der Waals surface area contributed by atoms with Gasteiger partial charge >= 0.3 is 12.0 Å². The van der Waals surface area contributed by atoms with E-state index in [1.165, 1.54) is 0 Å². The van der Waals surface area contributed by atoms with Crippen LogP contribution >= 0.6 is 11.8 Å². The highest BCUT2D eigenvalue weighted by Gasteiger charge is 2.42. The topological polar surface area (TPSA) is 67.4 Å². The Kier molecular flexibility index (Phi) is 4.96. The van der Waals surface area contributed by atoms with E-state index in [-0.39, 0.29) is 30.2 Å². The molecular weight excluding hydrogens is 384 g/mol. The third kappa shape index (κ3) is 3.50. The summed E-state index contributed by atoms with van der Waals surface area (Å²) in [6, 6.07) is 16.7. The van der Waals surface area contributed by atoms with E-state index in [4.69, 9.17) is 4.74 Å². The van der Waals surface area contributed by atoms with Crippen LogP contribution in [0.1, 0.15) is 42.9 Å². The number of unbranched alkanes of at least 4 members (excludes halogenated alkanes) is 1. The number of hydrogen-bond acceptors (Lipinski definition) is 4. The predicted octanol–water partition coefficient (Wildman–Crippen LogP) is 4.03. The fourth-order valence-corrected chi connectivity index (χ4v) is 6.23. The minimum atomic E-state index is -0.305. The predicted molar refractivity (Wildman–Crippen MR) is 114 cm³/mol. The largest absolute Gasteiger partial charge is 0.452 e. The van der Waals surface area contributed by atoms with E-state index in [0.29, 0.717) is 11.7 Å². The van der Waals surface area contributed by atoms with Gasteiger partial charge in [-0.25, -0.2) is 4.79 Å². The lowest BCUT2D eigenvalue weighted by Gasteiger charge is -2.17. The number of amides is 2. The van der Waals surface area contributed by atoms with Crippen molar-refractivity contribution >= 4 is 23.8 Å². The van der Waals surface area contributed by atoms with Crippen LogP contribution in [0.3, 0.4) is 0 Å². The van der Waals surface area contributed by atoms with E-state index < -0.39 is 0 Å². The summed E-state index contributed by atoms with van der Waals surface area (Å²) in [7, 11) is 0. The number of carbonyl (C=O) groups is 2. The lowest BCUT2D eigenvalue weighted by atomic mass is 10.0. The Balaban J connectivity index is 1.14. The van der Waals surface area contributed by atoms with Gasteiger partial charge in [0.05, 0.1) is 12.1 Å². The Hall–Kier alpha value is -2.47. The minimum absolute atomic E-state index is 0.0500. The fraction of sp³-hybridized carbons (Fsp3) is 0.391. The number of fused-ring (bicyclic) bond motifs is 4. The normalized spacial score (nSPS) is 24.4. The summed E-state index contributed by atoms with van der Waals surface area (Å²) in [5, 5.41) is 6.42. The van der Waals surface area contributed by atoms with Crippen LogP contribution in [0.15, 0.2) is 48.5 Å². The Labute approximate surface area is 174 Å².